The summed E-state index contributed by atoms with van der Waals surface area (Å²) in [5.41, 5.74) is 3.88. The fraction of sp³-hybridized carbons (Fsp3) is 0.600. The number of aryl methyl sites for hydroxylation is 2. The van der Waals surface area contributed by atoms with Crippen LogP contribution in [0.15, 0.2) is 18.2 Å². The van der Waals surface area contributed by atoms with Crippen LogP contribution in [0, 0.1) is 19.3 Å². The summed E-state index contributed by atoms with van der Waals surface area (Å²) in [6.45, 7) is 10.8. The van der Waals surface area contributed by atoms with Crippen molar-refractivity contribution in [3.8, 4) is 0 Å². The van der Waals surface area contributed by atoms with Crippen LogP contribution in [0.3, 0.4) is 0 Å². The van der Waals surface area contributed by atoms with Gasteiger partial charge >= 0.3 is 0 Å². The number of aliphatic hydroxyl groups is 1. The first-order valence-corrected chi connectivity index (χ1v) is 6.05. The predicted octanol–water partition coefficient (Wildman–Crippen LogP) is 4.16. The molecule has 16 heavy (non-hydrogen) atoms. The quantitative estimate of drug-likeness (QED) is 0.810. The highest BCUT2D eigenvalue weighted by Crippen LogP contribution is 2.27. The second-order valence-electron chi connectivity index (χ2n) is 5.96. The van der Waals surface area contributed by atoms with Crippen molar-refractivity contribution in [1.82, 2.24) is 0 Å². The maximum Gasteiger partial charge on any atom is 0.0790 e. The maximum atomic E-state index is 10.1. The maximum absolute atomic E-state index is 10.1. The number of hydrogen-bond acceptors (Lipinski definition) is 1. The Labute approximate surface area is 99.5 Å². The molecule has 1 heteroatoms. The lowest BCUT2D eigenvalue weighted by Crippen LogP contribution is -2.08. The standard InChI is InChI=1S/C15H24O/c1-11-6-7-13(10-12(11)2)14(16)8-9-15(3,4)5/h6-7,10,14,16H,8-9H2,1-5H3. The normalized spacial score (nSPS) is 13.9. The van der Waals surface area contributed by atoms with Gasteiger partial charge in [-0.2, -0.15) is 0 Å². The Morgan fingerprint density at radius 2 is 1.75 bits per heavy atom. The molecule has 0 bridgehead atoms. The van der Waals surface area contributed by atoms with Crippen LogP contribution in [0.1, 0.15) is 56.4 Å². The van der Waals surface area contributed by atoms with Gasteiger partial charge in [-0.1, -0.05) is 39.0 Å². The Hall–Kier alpha value is -0.820. The largest absolute Gasteiger partial charge is 0.388 e. The van der Waals surface area contributed by atoms with E-state index in [1.165, 1.54) is 11.1 Å². The molecule has 0 aromatic heterocycles. The van der Waals surface area contributed by atoms with E-state index in [9.17, 15) is 5.11 Å². The van der Waals surface area contributed by atoms with E-state index in [4.69, 9.17) is 0 Å². The average Bonchev–Trinajstić information content (AvgIpc) is 2.17. The summed E-state index contributed by atoms with van der Waals surface area (Å²) in [6, 6.07) is 6.23. The molecule has 0 aliphatic carbocycles. The molecule has 0 spiro atoms. The smallest absolute Gasteiger partial charge is 0.0790 e. The van der Waals surface area contributed by atoms with Crippen molar-refractivity contribution in [2.24, 2.45) is 5.41 Å². The van der Waals surface area contributed by atoms with E-state index in [0.29, 0.717) is 5.41 Å². The van der Waals surface area contributed by atoms with Crippen LogP contribution in [0.25, 0.3) is 0 Å². The van der Waals surface area contributed by atoms with Crippen molar-refractivity contribution >= 4 is 0 Å². The van der Waals surface area contributed by atoms with E-state index >= 15 is 0 Å². The summed E-state index contributed by atoms with van der Waals surface area (Å²) >= 11 is 0. The summed E-state index contributed by atoms with van der Waals surface area (Å²) < 4.78 is 0. The first-order chi connectivity index (χ1) is 7.29. The Morgan fingerprint density at radius 3 is 2.25 bits per heavy atom. The molecule has 0 heterocycles. The molecule has 1 nitrogen and oxygen atoms in total. The Kier molecular flexibility index (Phi) is 4.15. The summed E-state index contributed by atoms with van der Waals surface area (Å²) in [5, 5.41) is 10.1. The fourth-order valence-electron chi connectivity index (χ4n) is 1.71. The molecule has 90 valence electrons. The van der Waals surface area contributed by atoms with Gasteiger partial charge in [0.15, 0.2) is 0 Å². The summed E-state index contributed by atoms with van der Waals surface area (Å²) in [5.74, 6) is 0. The van der Waals surface area contributed by atoms with Crippen LogP contribution >= 0.6 is 0 Å². The first kappa shape index (κ1) is 13.2. The highest BCUT2D eigenvalue weighted by atomic mass is 16.3. The van der Waals surface area contributed by atoms with Gasteiger partial charge in [0.25, 0.3) is 0 Å². The zero-order chi connectivity index (χ0) is 12.3. The van der Waals surface area contributed by atoms with Crippen LogP contribution in [-0.4, -0.2) is 5.11 Å². The molecule has 1 N–H and O–H groups in total. The Balaban J connectivity index is 2.66. The van der Waals surface area contributed by atoms with Gasteiger partial charge in [0, 0.05) is 0 Å². The molecule has 1 rings (SSSR count). The lowest BCUT2D eigenvalue weighted by atomic mass is 9.87. The number of rotatable bonds is 3. The topological polar surface area (TPSA) is 20.2 Å². The second kappa shape index (κ2) is 5.01. The second-order valence-corrected chi connectivity index (χ2v) is 5.96. The van der Waals surface area contributed by atoms with Gasteiger partial charge in [-0.15, -0.1) is 0 Å². The molecular weight excluding hydrogens is 196 g/mol. The van der Waals surface area contributed by atoms with Gasteiger partial charge in [-0.25, -0.2) is 0 Å². The number of benzene rings is 1. The van der Waals surface area contributed by atoms with Crippen LogP contribution in [-0.2, 0) is 0 Å². The SMILES string of the molecule is Cc1ccc(C(O)CCC(C)(C)C)cc1C. The molecular formula is C15H24O. The van der Waals surface area contributed by atoms with E-state index in [2.05, 4.69) is 46.8 Å². The molecule has 1 unspecified atom stereocenters. The van der Waals surface area contributed by atoms with Crippen molar-refractivity contribution in [2.45, 2.75) is 53.6 Å². The molecule has 1 aromatic carbocycles. The number of hydrogen-bond donors (Lipinski definition) is 1. The third-order valence-electron chi connectivity index (χ3n) is 3.08. The molecule has 0 fully saturated rings. The fourth-order valence-corrected chi connectivity index (χ4v) is 1.71. The van der Waals surface area contributed by atoms with Gasteiger partial charge < -0.3 is 5.11 Å². The third kappa shape index (κ3) is 3.97. The summed E-state index contributed by atoms with van der Waals surface area (Å²) in [7, 11) is 0. The van der Waals surface area contributed by atoms with Gasteiger partial charge in [0.1, 0.15) is 0 Å². The first-order valence-electron chi connectivity index (χ1n) is 6.05. The van der Waals surface area contributed by atoms with E-state index in [1.807, 2.05) is 6.07 Å². The third-order valence-corrected chi connectivity index (χ3v) is 3.08. The van der Waals surface area contributed by atoms with Gasteiger partial charge in [0.2, 0.25) is 0 Å². The van der Waals surface area contributed by atoms with E-state index in [0.717, 1.165) is 18.4 Å². The molecule has 0 amide bonds. The highest BCUT2D eigenvalue weighted by Gasteiger charge is 2.15. The Morgan fingerprint density at radius 1 is 1.12 bits per heavy atom. The van der Waals surface area contributed by atoms with E-state index < -0.39 is 0 Å². The van der Waals surface area contributed by atoms with Crippen LogP contribution < -0.4 is 0 Å². The van der Waals surface area contributed by atoms with Crippen LogP contribution in [0.2, 0.25) is 0 Å². The lowest BCUT2D eigenvalue weighted by Gasteiger charge is -2.20. The number of aliphatic hydroxyl groups excluding tert-OH is 1. The lowest BCUT2D eigenvalue weighted by molar-refractivity contribution is 0.147. The minimum atomic E-state index is -0.321. The molecule has 1 aromatic rings. The Bertz CT molecular complexity index is 347. The van der Waals surface area contributed by atoms with Crippen LogP contribution in [0.5, 0.6) is 0 Å². The minimum Gasteiger partial charge on any atom is -0.388 e. The van der Waals surface area contributed by atoms with Gasteiger partial charge in [-0.3, -0.25) is 0 Å². The molecule has 0 saturated carbocycles. The molecule has 0 radical (unpaired) electrons. The zero-order valence-electron chi connectivity index (χ0n) is 11.2. The van der Waals surface area contributed by atoms with E-state index in [1.54, 1.807) is 0 Å². The zero-order valence-corrected chi connectivity index (χ0v) is 11.2. The average molecular weight is 220 g/mol. The van der Waals surface area contributed by atoms with Crippen LogP contribution in [0.4, 0.5) is 0 Å². The van der Waals surface area contributed by atoms with Crippen molar-refractivity contribution < 1.29 is 5.11 Å². The van der Waals surface area contributed by atoms with Gasteiger partial charge in [0.05, 0.1) is 6.10 Å². The molecule has 1 atom stereocenters. The highest BCUT2D eigenvalue weighted by molar-refractivity contribution is 5.31. The summed E-state index contributed by atoms with van der Waals surface area (Å²) in [4.78, 5) is 0. The van der Waals surface area contributed by atoms with E-state index in [-0.39, 0.29) is 6.10 Å². The van der Waals surface area contributed by atoms with Crippen molar-refractivity contribution in [3.05, 3.63) is 34.9 Å². The van der Waals surface area contributed by atoms with Crippen molar-refractivity contribution in [3.63, 3.8) is 0 Å². The molecule has 0 saturated heterocycles. The van der Waals surface area contributed by atoms with Crippen molar-refractivity contribution in [2.75, 3.05) is 0 Å². The van der Waals surface area contributed by atoms with Crippen molar-refractivity contribution in [1.29, 1.82) is 0 Å². The predicted molar refractivity (Wildman–Crippen MR) is 69.6 cm³/mol. The van der Waals surface area contributed by atoms with Gasteiger partial charge in [-0.05, 0) is 48.8 Å². The minimum absolute atomic E-state index is 0.292. The molecule has 0 aliphatic rings. The summed E-state index contributed by atoms with van der Waals surface area (Å²) in [6.07, 6.45) is 1.56. The molecule has 0 aliphatic heterocycles. The monoisotopic (exact) mass is 220 g/mol.